The van der Waals surface area contributed by atoms with Crippen molar-refractivity contribution in [1.29, 1.82) is 0 Å². The molecule has 1 saturated heterocycles. The summed E-state index contributed by atoms with van der Waals surface area (Å²) in [6.45, 7) is 1.73. The molecule has 0 aliphatic carbocycles. The van der Waals surface area contributed by atoms with E-state index in [1.165, 1.54) is 0 Å². The Morgan fingerprint density at radius 3 is 2.69 bits per heavy atom. The molecule has 0 saturated carbocycles. The van der Waals surface area contributed by atoms with E-state index in [9.17, 15) is 0 Å². The molecule has 1 unspecified atom stereocenters. The third-order valence-electron chi connectivity index (χ3n) is 4.61. The quantitative estimate of drug-likeness (QED) is 0.757. The molecule has 3 aromatic rings. The minimum Gasteiger partial charge on any atom is -0.496 e. The third-order valence-corrected chi connectivity index (χ3v) is 4.91. The van der Waals surface area contributed by atoms with Crippen LogP contribution in [0.3, 0.4) is 0 Å². The number of imidazole rings is 1. The minimum absolute atomic E-state index is 0.203. The number of aromatic nitrogens is 3. The van der Waals surface area contributed by atoms with Crippen molar-refractivity contribution in [3.63, 3.8) is 0 Å². The van der Waals surface area contributed by atoms with Crippen LogP contribution in [0.1, 0.15) is 6.42 Å². The highest BCUT2D eigenvalue weighted by Gasteiger charge is 2.21. The van der Waals surface area contributed by atoms with Gasteiger partial charge in [-0.3, -0.25) is 4.40 Å². The molecule has 7 nitrogen and oxygen atoms in total. The molecule has 1 aliphatic heterocycles. The maximum atomic E-state index is 6.28. The second-order valence-electron chi connectivity index (χ2n) is 6.30. The van der Waals surface area contributed by atoms with Crippen molar-refractivity contribution in [3.8, 4) is 22.8 Å². The zero-order valence-electron chi connectivity index (χ0n) is 14.6. The van der Waals surface area contributed by atoms with Crippen molar-refractivity contribution < 1.29 is 9.47 Å². The number of methoxy groups -OCH3 is 2. The maximum Gasteiger partial charge on any atom is 0.236 e. The summed E-state index contributed by atoms with van der Waals surface area (Å²) in [5.41, 5.74) is 7.51. The fraction of sp³-hybridized carbons (Fsp3) is 0.333. The number of benzene rings is 1. The minimum atomic E-state index is 0.203. The Morgan fingerprint density at radius 2 is 2.00 bits per heavy atom. The SMILES string of the molecule is COc1cc(OC)c(-c2cn3ccc(N4CCC(N)C4)nc3n2)cc1Cl. The van der Waals surface area contributed by atoms with E-state index >= 15 is 0 Å². The van der Waals surface area contributed by atoms with Crippen LogP contribution in [0.4, 0.5) is 5.82 Å². The summed E-state index contributed by atoms with van der Waals surface area (Å²) in [7, 11) is 3.18. The van der Waals surface area contributed by atoms with E-state index in [1.807, 2.05) is 22.9 Å². The molecule has 1 atom stereocenters. The topological polar surface area (TPSA) is 77.9 Å². The molecule has 0 spiro atoms. The first kappa shape index (κ1) is 16.9. The van der Waals surface area contributed by atoms with Crippen molar-refractivity contribution in [2.75, 3.05) is 32.2 Å². The van der Waals surface area contributed by atoms with E-state index in [2.05, 4.69) is 14.9 Å². The molecule has 1 aromatic carbocycles. The van der Waals surface area contributed by atoms with Gasteiger partial charge in [-0.05, 0) is 18.6 Å². The monoisotopic (exact) mass is 373 g/mol. The molecule has 1 aliphatic rings. The Hall–Kier alpha value is -2.51. The van der Waals surface area contributed by atoms with E-state index in [4.69, 9.17) is 26.8 Å². The van der Waals surface area contributed by atoms with Gasteiger partial charge in [0, 0.05) is 43.2 Å². The van der Waals surface area contributed by atoms with Gasteiger partial charge in [0.2, 0.25) is 5.78 Å². The largest absolute Gasteiger partial charge is 0.496 e. The molecular formula is C18H20ClN5O2. The molecule has 0 bridgehead atoms. The van der Waals surface area contributed by atoms with Crippen LogP contribution in [0.25, 0.3) is 17.0 Å². The van der Waals surface area contributed by atoms with Gasteiger partial charge in [0.25, 0.3) is 0 Å². The number of nitrogens with zero attached hydrogens (tertiary/aromatic N) is 4. The Bertz CT molecular complexity index is 958. The van der Waals surface area contributed by atoms with Crippen LogP contribution in [0.2, 0.25) is 5.02 Å². The lowest BCUT2D eigenvalue weighted by atomic mass is 10.1. The van der Waals surface area contributed by atoms with E-state index in [-0.39, 0.29) is 6.04 Å². The molecule has 0 radical (unpaired) electrons. The van der Waals surface area contributed by atoms with E-state index in [0.717, 1.165) is 36.6 Å². The summed E-state index contributed by atoms with van der Waals surface area (Å²) < 4.78 is 12.6. The molecule has 2 aromatic heterocycles. The van der Waals surface area contributed by atoms with E-state index in [0.29, 0.717) is 22.3 Å². The summed E-state index contributed by atoms with van der Waals surface area (Å²) in [6.07, 6.45) is 4.84. The van der Waals surface area contributed by atoms with Gasteiger partial charge < -0.3 is 20.1 Å². The molecule has 4 rings (SSSR count). The summed E-state index contributed by atoms with van der Waals surface area (Å²) in [4.78, 5) is 11.5. The van der Waals surface area contributed by atoms with Crippen molar-refractivity contribution >= 4 is 23.2 Å². The van der Waals surface area contributed by atoms with Crippen LogP contribution in [-0.4, -0.2) is 47.7 Å². The highest BCUT2D eigenvalue weighted by atomic mass is 35.5. The van der Waals surface area contributed by atoms with Crippen LogP contribution in [0.5, 0.6) is 11.5 Å². The summed E-state index contributed by atoms with van der Waals surface area (Å²) in [5.74, 6) is 2.71. The van der Waals surface area contributed by atoms with E-state index < -0.39 is 0 Å². The maximum absolute atomic E-state index is 6.28. The first-order valence-electron chi connectivity index (χ1n) is 8.37. The molecule has 136 valence electrons. The molecule has 1 fully saturated rings. The Morgan fingerprint density at radius 1 is 1.19 bits per heavy atom. The number of ether oxygens (including phenoxy) is 2. The van der Waals surface area contributed by atoms with Gasteiger partial charge in [0.15, 0.2) is 0 Å². The standard InChI is InChI=1S/C18H20ClN5O2/c1-25-15-8-16(26-2)13(19)7-12(15)14-10-24-6-4-17(22-18(24)21-14)23-5-3-11(20)9-23/h4,6-8,10-11H,3,5,9,20H2,1-2H3. The average molecular weight is 374 g/mol. The first-order valence-corrected chi connectivity index (χ1v) is 8.75. The smallest absolute Gasteiger partial charge is 0.236 e. The molecule has 0 amide bonds. The van der Waals surface area contributed by atoms with Crippen LogP contribution in [0, 0.1) is 0 Å². The van der Waals surface area contributed by atoms with Gasteiger partial charge >= 0.3 is 0 Å². The Labute approximate surface area is 156 Å². The van der Waals surface area contributed by atoms with Crippen molar-refractivity contribution in [2.45, 2.75) is 12.5 Å². The van der Waals surface area contributed by atoms with Gasteiger partial charge in [-0.1, -0.05) is 11.6 Å². The van der Waals surface area contributed by atoms with Crippen LogP contribution in [0.15, 0.2) is 30.6 Å². The predicted molar refractivity (Wildman–Crippen MR) is 101 cm³/mol. The first-order chi connectivity index (χ1) is 12.6. The van der Waals surface area contributed by atoms with Gasteiger partial charge in [-0.25, -0.2) is 4.98 Å². The third kappa shape index (κ3) is 2.93. The van der Waals surface area contributed by atoms with E-state index in [1.54, 1.807) is 26.4 Å². The summed E-state index contributed by atoms with van der Waals surface area (Å²) >= 11 is 6.28. The van der Waals surface area contributed by atoms with Crippen molar-refractivity contribution in [3.05, 3.63) is 35.6 Å². The van der Waals surface area contributed by atoms with Crippen LogP contribution in [-0.2, 0) is 0 Å². The summed E-state index contributed by atoms with van der Waals surface area (Å²) in [6, 6.07) is 5.73. The molecule has 3 heterocycles. The molecular weight excluding hydrogens is 354 g/mol. The van der Waals surface area contributed by atoms with Crippen LogP contribution >= 0.6 is 11.6 Å². The lowest BCUT2D eigenvalue weighted by Crippen LogP contribution is -2.26. The number of rotatable bonds is 4. The van der Waals surface area contributed by atoms with Gasteiger partial charge in [0.1, 0.15) is 17.3 Å². The fourth-order valence-electron chi connectivity index (χ4n) is 3.22. The lowest BCUT2D eigenvalue weighted by Gasteiger charge is -2.16. The number of halogens is 1. The molecule has 8 heteroatoms. The number of anilines is 1. The Kier molecular flexibility index (Phi) is 4.34. The predicted octanol–water partition coefficient (Wildman–Crippen LogP) is 2.60. The highest BCUT2D eigenvalue weighted by molar-refractivity contribution is 6.32. The second-order valence-corrected chi connectivity index (χ2v) is 6.71. The van der Waals surface area contributed by atoms with Gasteiger partial charge in [-0.2, -0.15) is 4.98 Å². The van der Waals surface area contributed by atoms with Gasteiger partial charge in [-0.15, -0.1) is 0 Å². The fourth-order valence-corrected chi connectivity index (χ4v) is 3.47. The van der Waals surface area contributed by atoms with Crippen molar-refractivity contribution in [1.82, 2.24) is 14.4 Å². The van der Waals surface area contributed by atoms with Crippen molar-refractivity contribution in [2.24, 2.45) is 5.73 Å². The van der Waals surface area contributed by atoms with Crippen LogP contribution < -0.4 is 20.1 Å². The molecule has 2 N–H and O–H groups in total. The number of hydrogen-bond donors (Lipinski definition) is 1. The second kappa shape index (κ2) is 6.66. The zero-order chi connectivity index (χ0) is 18.3. The normalized spacial score (nSPS) is 17.1. The van der Waals surface area contributed by atoms with Gasteiger partial charge in [0.05, 0.1) is 24.9 Å². The number of hydrogen-bond acceptors (Lipinski definition) is 6. The molecule has 26 heavy (non-hydrogen) atoms. The highest BCUT2D eigenvalue weighted by Crippen LogP contribution is 2.38. The average Bonchev–Trinajstić information content (AvgIpc) is 3.26. The number of nitrogens with two attached hydrogens (primary N) is 1. The number of fused-ring (bicyclic) bond motifs is 1. The zero-order valence-corrected chi connectivity index (χ0v) is 15.4. The lowest BCUT2D eigenvalue weighted by molar-refractivity contribution is 0.395. The summed E-state index contributed by atoms with van der Waals surface area (Å²) in [5, 5.41) is 0.500. The Balaban J connectivity index is 1.75.